The lowest BCUT2D eigenvalue weighted by Gasteiger charge is -2.10. The van der Waals surface area contributed by atoms with Crippen LogP contribution in [-0.4, -0.2) is 8.42 Å². The Morgan fingerprint density at radius 3 is 2.10 bits per heavy atom. The second-order valence-corrected chi connectivity index (χ2v) is 5.55. The molecule has 9 heteroatoms. The van der Waals surface area contributed by atoms with E-state index in [9.17, 15) is 30.4 Å². The number of nitrogens with one attached hydrogen (secondary N) is 1. The molecule has 0 atom stereocenters. The zero-order valence-corrected chi connectivity index (χ0v) is 10.8. The van der Waals surface area contributed by atoms with Crippen LogP contribution in [-0.2, 0) is 10.0 Å². The summed E-state index contributed by atoms with van der Waals surface area (Å²) in [5.41, 5.74) is -0.792. The van der Waals surface area contributed by atoms with Gasteiger partial charge < -0.3 is 0 Å². The Labute approximate surface area is 116 Å². The largest absolute Gasteiger partial charge is 0.276 e. The van der Waals surface area contributed by atoms with E-state index in [1.54, 1.807) is 4.72 Å². The van der Waals surface area contributed by atoms with Gasteiger partial charge in [0.05, 0.1) is 5.69 Å². The summed E-state index contributed by atoms with van der Waals surface area (Å²) in [5, 5.41) is 0. The van der Waals surface area contributed by atoms with Gasteiger partial charge in [-0.2, -0.15) is 0 Å². The Balaban J connectivity index is 2.49. The minimum Gasteiger partial charge on any atom is -0.276 e. The zero-order chi connectivity index (χ0) is 15.8. The summed E-state index contributed by atoms with van der Waals surface area (Å²) in [6.45, 7) is 0. The first kappa shape index (κ1) is 15.2. The van der Waals surface area contributed by atoms with E-state index >= 15 is 0 Å². The van der Waals surface area contributed by atoms with Crippen LogP contribution >= 0.6 is 0 Å². The number of hydrogen-bond donors (Lipinski definition) is 1. The Hall–Kier alpha value is -2.16. The van der Waals surface area contributed by atoms with Gasteiger partial charge in [0.25, 0.3) is 10.0 Å². The summed E-state index contributed by atoms with van der Waals surface area (Å²) in [7, 11) is -4.76. The fourth-order valence-electron chi connectivity index (χ4n) is 1.49. The van der Waals surface area contributed by atoms with Crippen molar-refractivity contribution in [1.82, 2.24) is 0 Å². The van der Waals surface area contributed by atoms with Crippen LogP contribution in [0.5, 0.6) is 0 Å². The van der Waals surface area contributed by atoms with E-state index in [1.807, 2.05) is 0 Å². The van der Waals surface area contributed by atoms with E-state index in [1.165, 1.54) is 0 Å². The summed E-state index contributed by atoms with van der Waals surface area (Å²) >= 11 is 0. The molecule has 0 spiro atoms. The molecule has 112 valence electrons. The average molecular weight is 323 g/mol. The summed E-state index contributed by atoms with van der Waals surface area (Å²) in [5.74, 6) is -7.59. The van der Waals surface area contributed by atoms with Crippen molar-refractivity contribution in [1.29, 1.82) is 0 Å². The molecule has 0 aliphatic carbocycles. The lowest BCUT2D eigenvalue weighted by molar-refractivity contribution is 0.432. The maximum absolute atomic E-state index is 13.4. The van der Waals surface area contributed by atoms with E-state index in [-0.39, 0.29) is 0 Å². The molecule has 0 fully saturated rings. The van der Waals surface area contributed by atoms with E-state index in [4.69, 9.17) is 0 Å². The van der Waals surface area contributed by atoms with Crippen molar-refractivity contribution in [2.75, 3.05) is 4.72 Å². The van der Waals surface area contributed by atoms with Gasteiger partial charge in [0, 0.05) is 6.07 Å². The van der Waals surface area contributed by atoms with Gasteiger partial charge in [0.2, 0.25) is 0 Å². The lowest BCUT2D eigenvalue weighted by Crippen LogP contribution is -2.16. The van der Waals surface area contributed by atoms with Crippen molar-refractivity contribution >= 4 is 15.7 Å². The highest BCUT2D eigenvalue weighted by Crippen LogP contribution is 2.24. The molecular formula is C12H6F5NO2S. The van der Waals surface area contributed by atoms with Crippen LogP contribution in [0.3, 0.4) is 0 Å². The Kier molecular flexibility index (Phi) is 3.86. The van der Waals surface area contributed by atoms with Crippen molar-refractivity contribution in [3.05, 3.63) is 59.4 Å². The van der Waals surface area contributed by atoms with Crippen molar-refractivity contribution in [3.8, 4) is 0 Å². The van der Waals surface area contributed by atoms with Crippen LogP contribution in [0.2, 0.25) is 0 Å². The van der Waals surface area contributed by atoms with Gasteiger partial charge in [-0.1, -0.05) is 0 Å². The molecule has 1 N–H and O–H groups in total. The highest BCUT2D eigenvalue weighted by atomic mass is 32.2. The Morgan fingerprint density at radius 2 is 1.43 bits per heavy atom. The van der Waals surface area contributed by atoms with E-state index in [2.05, 4.69) is 0 Å². The van der Waals surface area contributed by atoms with Crippen LogP contribution in [0.4, 0.5) is 27.6 Å². The molecule has 21 heavy (non-hydrogen) atoms. The molecule has 2 aromatic carbocycles. The summed E-state index contributed by atoms with van der Waals surface area (Å²) in [6, 6.07) is 2.77. The molecule has 0 heterocycles. The Morgan fingerprint density at radius 1 is 0.810 bits per heavy atom. The quantitative estimate of drug-likeness (QED) is 0.696. The monoisotopic (exact) mass is 323 g/mol. The van der Waals surface area contributed by atoms with Gasteiger partial charge in [-0.15, -0.1) is 0 Å². The molecule has 0 radical (unpaired) electrons. The third kappa shape index (κ3) is 2.97. The molecule has 0 amide bonds. The van der Waals surface area contributed by atoms with Gasteiger partial charge in [-0.3, -0.25) is 4.72 Å². The van der Waals surface area contributed by atoms with Gasteiger partial charge in [-0.25, -0.2) is 30.4 Å². The first-order valence-electron chi connectivity index (χ1n) is 5.34. The van der Waals surface area contributed by atoms with E-state index in [0.717, 1.165) is 6.07 Å². The van der Waals surface area contributed by atoms with Crippen molar-refractivity contribution in [2.24, 2.45) is 0 Å². The number of benzene rings is 2. The maximum Gasteiger partial charge on any atom is 0.265 e. The minimum atomic E-state index is -4.76. The lowest BCUT2D eigenvalue weighted by atomic mass is 10.3. The minimum absolute atomic E-state index is 0.398. The molecule has 0 unspecified atom stereocenters. The average Bonchev–Trinajstić information content (AvgIpc) is 2.39. The van der Waals surface area contributed by atoms with E-state index in [0.29, 0.717) is 24.3 Å². The second kappa shape index (κ2) is 5.32. The van der Waals surface area contributed by atoms with Gasteiger partial charge in [-0.05, 0) is 24.3 Å². The SMILES string of the molecule is O=S(=O)(Nc1cc(F)ccc1F)c1ccc(F)c(F)c1F. The topological polar surface area (TPSA) is 46.2 Å². The highest BCUT2D eigenvalue weighted by molar-refractivity contribution is 7.92. The number of sulfonamides is 1. The first-order chi connectivity index (χ1) is 9.72. The van der Waals surface area contributed by atoms with Crippen LogP contribution < -0.4 is 4.72 Å². The molecule has 2 aromatic rings. The summed E-state index contributed by atoms with van der Waals surface area (Å²) in [6.07, 6.45) is 0. The van der Waals surface area contributed by atoms with Crippen LogP contribution in [0, 0.1) is 29.1 Å². The van der Waals surface area contributed by atoms with Gasteiger partial charge in [0.1, 0.15) is 16.5 Å². The summed E-state index contributed by atoms with van der Waals surface area (Å²) < 4.78 is 90.7. The molecule has 2 rings (SSSR count). The molecule has 0 aliphatic rings. The number of halogens is 5. The standard InChI is InChI=1S/C12H6F5NO2S/c13-6-1-2-7(14)9(5-6)18-21(19,20)10-4-3-8(15)11(16)12(10)17/h1-5,18H. The van der Waals surface area contributed by atoms with Crippen molar-refractivity contribution < 1.29 is 30.4 Å². The molecule has 0 saturated heterocycles. The Bertz CT molecular complexity index is 808. The maximum atomic E-state index is 13.4. The molecule has 0 saturated carbocycles. The predicted octanol–water partition coefficient (Wildman–Crippen LogP) is 3.18. The number of hydrogen-bond acceptors (Lipinski definition) is 2. The smallest absolute Gasteiger partial charge is 0.265 e. The van der Waals surface area contributed by atoms with Crippen LogP contribution in [0.1, 0.15) is 0 Å². The molecule has 3 nitrogen and oxygen atoms in total. The molecule has 0 aliphatic heterocycles. The first-order valence-corrected chi connectivity index (χ1v) is 6.82. The molecule has 0 bridgehead atoms. The van der Waals surface area contributed by atoms with Crippen LogP contribution in [0.15, 0.2) is 35.2 Å². The number of anilines is 1. The fourth-order valence-corrected chi connectivity index (χ4v) is 2.62. The normalized spacial score (nSPS) is 11.5. The molecule has 0 aromatic heterocycles. The van der Waals surface area contributed by atoms with Crippen molar-refractivity contribution in [2.45, 2.75) is 4.90 Å². The number of rotatable bonds is 3. The third-order valence-corrected chi connectivity index (χ3v) is 3.84. The molecular weight excluding hydrogens is 317 g/mol. The fraction of sp³-hybridized carbons (Fsp3) is 0. The van der Waals surface area contributed by atoms with Gasteiger partial charge in [0.15, 0.2) is 17.5 Å². The second-order valence-electron chi connectivity index (χ2n) is 3.90. The van der Waals surface area contributed by atoms with Gasteiger partial charge >= 0.3 is 0 Å². The van der Waals surface area contributed by atoms with Crippen molar-refractivity contribution in [3.63, 3.8) is 0 Å². The van der Waals surface area contributed by atoms with E-state index < -0.39 is 49.7 Å². The zero-order valence-electron chi connectivity index (χ0n) is 10.0. The highest BCUT2D eigenvalue weighted by Gasteiger charge is 2.25. The van der Waals surface area contributed by atoms with Crippen LogP contribution in [0.25, 0.3) is 0 Å². The summed E-state index contributed by atoms with van der Waals surface area (Å²) in [4.78, 5) is -1.23. The third-order valence-electron chi connectivity index (χ3n) is 2.46. The predicted molar refractivity (Wildman–Crippen MR) is 63.5 cm³/mol.